The van der Waals surface area contributed by atoms with Crippen LogP contribution in [0.25, 0.3) is 22.4 Å². The molecule has 1 saturated heterocycles. The van der Waals surface area contributed by atoms with Gasteiger partial charge in [0.2, 0.25) is 0 Å². The van der Waals surface area contributed by atoms with E-state index in [0.717, 1.165) is 42.5 Å². The van der Waals surface area contributed by atoms with Crippen molar-refractivity contribution in [3.63, 3.8) is 0 Å². The third-order valence-electron chi connectivity index (χ3n) is 5.34. The summed E-state index contributed by atoms with van der Waals surface area (Å²) in [5.41, 5.74) is 2.27. The number of anilines is 1. The third-order valence-corrected chi connectivity index (χ3v) is 5.34. The molecule has 0 saturated carbocycles. The summed E-state index contributed by atoms with van der Waals surface area (Å²) in [6.07, 6.45) is 7.94. The van der Waals surface area contributed by atoms with E-state index < -0.39 is 0 Å². The molecule has 3 N–H and O–H groups in total. The van der Waals surface area contributed by atoms with Crippen LogP contribution in [0.3, 0.4) is 0 Å². The van der Waals surface area contributed by atoms with Crippen LogP contribution in [0.15, 0.2) is 42.2 Å². The summed E-state index contributed by atoms with van der Waals surface area (Å²) < 4.78 is 13.9. The number of aliphatic hydroxyl groups is 1. The Labute approximate surface area is 193 Å². The van der Waals surface area contributed by atoms with E-state index in [9.17, 15) is 0 Å². The van der Waals surface area contributed by atoms with E-state index in [1.807, 2.05) is 36.7 Å². The molecule has 174 valence electrons. The number of rotatable bonds is 9. The van der Waals surface area contributed by atoms with E-state index in [1.165, 1.54) is 6.21 Å². The number of hydrogen-bond acceptors (Lipinski definition) is 8. The van der Waals surface area contributed by atoms with Gasteiger partial charge in [0, 0.05) is 37.2 Å². The first kappa shape index (κ1) is 22.9. The van der Waals surface area contributed by atoms with Crippen LogP contribution in [0, 0.1) is 5.41 Å². The molecule has 1 aromatic carbocycles. The summed E-state index contributed by atoms with van der Waals surface area (Å²) >= 11 is 0. The zero-order valence-corrected chi connectivity index (χ0v) is 19.0. The average Bonchev–Trinajstić information content (AvgIpc) is 3.21. The van der Waals surface area contributed by atoms with Gasteiger partial charge in [-0.1, -0.05) is 0 Å². The highest BCUT2D eigenvalue weighted by Gasteiger charge is 2.23. The van der Waals surface area contributed by atoms with Gasteiger partial charge < -0.3 is 25.3 Å². The van der Waals surface area contributed by atoms with Gasteiger partial charge in [-0.05, 0) is 69.4 Å². The van der Waals surface area contributed by atoms with Crippen LogP contribution in [0.2, 0.25) is 0 Å². The minimum Gasteiger partial charge on any atom is -0.491 e. The van der Waals surface area contributed by atoms with Crippen molar-refractivity contribution in [3.05, 3.63) is 42.2 Å². The van der Waals surface area contributed by atoms with Gasteiger partial charge in [0.15, 0.2) is 12.1 Å². The Hall–Kier alpha value is -3.30. The maximum absolute atomic E-state index is 9.12. The summed E-state index contributed by atoms with van der Waals surface area (Å²) in [7, 11) is 0. The molecule has 33 heavy (non-hydrogen) atoms. The summed E-state index contributed by atoms with van der Waals surface area (Å²) in [5.74, 6) is 1.82. The molecule has 1 aliphatic heterocycles. The van der Waals surface area contributed by atoms with Gasteiger partial charge in [-0.25, -0.2) is 14.6 Å². The zero-order valence-electron chi connectivity index (χ0n) is 19.0. The summed E-state index contributed by atoms with van der Waals surface area (Å²) in [6, 6.07) is 7.69. The molecule has 1 fully saturated rings. The number of fused-ring (bicyclic) bond motifs is 1. The van der Waals surface area contributed by atoms with Gasteiger partial charge in [0.05, 0.1) is 11.6 Å². The number of aliphatic hydroxyl groups excluding tert-OH is 1. The number of benzene rings is 1. The van der Waals surface area contributed by atoms with Gasteiger partial charge in [0.25, 0.3) is 0 Å². The largest absolute Gasteiger partial charge is 0.491 e. The first-order valence-corrected chi connectivity index (χ1v) is 11.3. The molecule has 1 aliphatic rings. The van der Waals surface area contributed by atoms with Gasteiger partial charge in [0.1, 0.15) is 17.3 Å². The predicted octanol–water partition coefficient (Wildman–Crippen LogP) is 4.31. The number of aromatic nitrogens is 4. The topological polar surface area (TPSA) is 118 Å². The molecule has 0 amide bonds. The first-order valence-electron chi connectivity index (χ1n) is 11.3. The SMILES string of the molecule is CC(C)Oc1ccc2c(c1)c(-c1nccc(N/C=C(\C=N)CCO)n1)nn2C1CCCCO1. The van der Waals surface area contributed by atoms with Crippen molar-refractivity contribution >= 4 is 22.9 Å². The van der Waals surface area contributed by atoms with Crippen LogP contribution < -0.4 is 10.1 Å². The Morgan fingerprint density at radius 3 is 2.97 bits per heavy atom. The summed E-state index contributed by atoms with van der Waals surface area (Å²) in [5, 5.41) is 25.4. The molecular weight excluding hydrogens is 420 g/mol. The Morgan fingerprint density at radius 1 is 1.36 bits per heavy atom. The van der Waals surface area contributed by atoms with Gasteiger partial charge in [-0.2, -0.15) is 5.10 Å². The van der Waals surface area contributed by atoms with E-state index in [1.54, 1.807) is 18.5 Å². The molecule has 9 nitrogen and oxygen atoms in total. The lowest BCUT2D eigenvalue weighted by Gasteiger charge is -2.23. The maximum atomic E-state index is 9.12. The van der Waals surface area contributed by atoms with E-state index >= 15 is 0 Å². The van der Waals surface area contributed by atoms with Crippen molar-refractivity contribution in [2.75, 3.05) is 18.5 Å². The second-order valence-electron chi connectivity index (χ2n) is 8.21. The predicted molar refractivity (Wildman–Crippen MR) is 128 cm³/mol. The Morgan fingerprint density at radius 2 is 2.24 bits per heavy atom. The van der Waals surface area contributed by atoms with Crippen molar-refractivity contribution in [2.24, 2.45) is 0 Å². The molecule has 0 radical (unpaired) electrons. The van der Waals surface area contributed by atoms with Crippen LogP contribution in [-0.2, 0) is 4.74 Å². The Bertz CT molecular complexity index is 1130. The molecule has 0 spiro atoms. The van der Waals surface area contributed by atoms with Crippen molar-refractivity contribution in [2.45, 2.75) is 51.9 Å². The molecule has 3 aromatic rings. The molecule has 1 unspecified atom stereocenters. The number of hydrogen-bond donors (Lipinski definition) is 3. The van der Waals surface area contributed by atoms with Crippen LogP contribution in [0.5, 0.6) is 5.75 Å². The molecule has 3 heterocycles. The highest BCUT2D eigenvalue weighted by molar-refractivity contribution is 5.93. The smallest absolute Gasteiger partial charge is 0.182 e. The fraction of sp³-hybridized carbons (Fsp3) is 0.417. The highest BCUT2D eigenvalue weighted by Crippen LogP contribution is 2.34. The number of nitrogens with zero attached hydrogens (tertiary/aromatic N) is 4. The van der Waals surface area contributed by atoms with E-state index in [2.05, 4.69) is 15.3 Å². The number of nitrogens with one attached hydrogen (secondary N) is 2. The normalized spacial score (nSPS) is 16.8. The first-order chi connectivity index (χ1) is 16.1. The Kier molecular flexibility index (Phi) is 7.31. The zero-order chi connectivity index (χ0) is 23.2. The number of ether oxygens (including phenoxy) is 2. The molecule has 1 atom stereocenters. The van der Waals surface area contributed by atoms with Crippen LogP contribution in [0.4, 0.5) is 5.82 Å². The molecule has 9 heteroatoms. The highest BCUT2D eigenvalue weighted by atomic mass is 16.5. The van der Waals surface area contributed by atoms with Gasteiger partial charge in [-0.3, -0.25) is 0 Å². The standard InChI is InChI=1S/C24H30N6O3/c1-16(2)33-18-6-7-20-19(13-18)23(29-30(20)22-5-3-4-12-32-22)24-26-10-8-21(28-24)27-15-17(14-25)9-11-31/h6-8,10,13-16,22,25,31H,3-5,9,11-12H2,1-2H3,(H,26,27,28)/b17-15-,25-14?. The molecule has 0 aliphatic carbocycles. The molecule has 4 rings (SSSR count). The monoisotopic (exact) mass is 450 g/mol. The van der Waals surface area contributed by atoms with E-state index in [4.69, 9.17) is 25.1 Å². The van der Waals surface area contributed by atoms with Crippen molar-refractivity contribution < 1.29 is 14.6 Å². The van der Waals surface area contributed by atoms with Crippen LogP contribution in [0.1, 0.15) is 45.8 Å². The minimum absolute atomic E-state index is 0.0225. The Balaban J connectivity index is 1.75. The fourth-order valence-electron chi connectivity index (χ4n) is 3.80. The lowest BCUT2D eigenvalue weighted by Crippen LogP contribution is -2.19. The van der Waals surface area contributed by atoms with Crippen molar-refractivity contribution in [1.82, 2.24) is 19.7 Å². The van der Waals surface area contributed by atoms with Crippen molar-refractivity contribution in [1.29, 1.82) is 5.41 Å². The average molecular weight is 451 g/mol. The lowest BCUT2D eigenvalue weighted by atomic mass is 10.1. The summed E-state index contributed by atoms with van der Waals surface area (Å²) in [4.78, 5) is 9.13. The maximum Gasteiger partial charge on any atom is 0.182 e. The molecular formula is C24H30N6O3. The third kappa shape index (κ3) is 5.37. The van der Waals surface area contributed by atoms with Gasteiger partial charge in [-0.15, -0.1) is 0 Å². The van der Waals surface area contributed by atoms with E-state index in [0.29, 0.717) is 29.3 Å². The van der Waals surface area contributed by atoms with E-state index in [-0.39, 0.29) is 18.9 Å². The minimum atomic E-state index is -0.121. The van der Waals surface area contributed by atoms with Gasteiger partial charge >= 0.3 is 0 Å². The lowest BCUT2D eigenvalue weighted by molar-refractivity contribution is -0.0365. The second-order valence-corrected chi connectivity index (χ2v) is 8.21. The fourth-order valence-corrected chi connectivity index (χ4v) is 3.80. The molecule has 2 aromatic heterocycles. The van der Waals surface area contributed by atoms with Crippen molar-refractivity contribution in [3.8, 4) is 17.3 Å². The molecule has 0 bridgehead atoms. The van der Waals surface area contributed by atoms with Crippen LogP contribution >= 0.6 is 0 Å². The summed E-state index contributed by atoms with van der Waals surface area (Å²) in [6.45, 7) is 4.69. The quantitative estimate of drug-likeness (QED) is 0.416. The second kappa shape index (κ2) is 10.5. The van der Waals surface area contributed by atoms with Crippen LogP contribution in [-0.4, -0.2) is 50.4 Å².